The van der Waals surface area contributed by atoms with E-state index in [1.807, 2.05) is 13.8 Å². The van der Waals surface area contributed by atoms with Crippen LogP contribution in [0.2, 0.25) is 0 Å². The predicted molar refractivity (Wildman–Crippen MR) is 99.1 cm³/mol. The van der Waals surface area contributed by atoms with Crippen LogP contribution in [-0.4, -0.2) is 31.7 Å². The molecule has 0 aromatic heterocycles. The van der Waals surface area contributed by atoms with Crippen molar-refractivity contribution in [2.45, 2.75) is 20.8 Å². The molecule has 2 rings (SSSR count). The monoisotopic (exact) mass is 357 g/mol. The lowest BCUT2D eigenvalue weighted by atomic mass is 10.1. The van der Waals surface area contributed by atoms with Crippen LogP contribution in [-0.2, 0) is 4.74 Å². The smallest absolute Gasteiger partial charge is 0.338 e. The van der Waals surface area contributed by atoms with Gasteiger partial charge in [-0.25, -0.2) is 4.79 Å². The third kappa shape index (κ3) is 5.24. The van der Waals surface area contributed by atoms with Gasteiger partial charge in [0.25, 0.3) is 5.91 Å². The van der Waals surface area contributed by atoms with Gasteiger partial charge in [-0.3, -0.25) is 4.79 Å². The number of esters is 1. The van der Waals surface area contributed by atoms with E-state index in [4.69, 9.17) is 14.2 Å². The van der Waals surface area contributed by atoms with Gasteiger partial charge in [0, 0.05) is 17.3 Å². The molecule has 1 amide bonds. The third-order valence-corrected chi connectivity index (χ3v) is 3.40. The van der Waals surface area contributed by atoms with Crippen LogP contribution in [0.1, 0.15) is 41.5 Å². The highest BCUT2D eigenvalue weighted by atomic mass is 16.5. The van der Waals surface area contributed by atoms with Gasteiger partial charge < -0.3 is 19.5 Å². The molecule has 0 spiro atoms. The van der Waals surface area contributed by atoms with Crippen molar-refractivity contribution < 1.29 is 23.8 Å². The number of benzene rings is 2. The summed E-state index contributed by atoms with van der Waals surface area (Å²) in [5.41, 5.74) is 1.28. The van der Waals surface area contributed by atoms with Crippen LogP contribution in [0.5, 0.6) is 11.5 Å². The fourth-order valence-electron chi connectivity index (χ4n) is 2.34. The van der Waals surface area contributed by atoms with Crippen molar-refractivity contribution in [3.63, 3.8) is 0 Å². The molecule has 0 atom stereocenters. The Bertz CT molecular complexity index is 748. The first-order chi connectivity index (χ1) is 12.6. The first-order valence-corrected chi connectivity index (χ1v) is 8.56. The Labute approximate surface area is 153 Å². The molecule has 2 aromatic rings. The molecule has 0 unspecified atom stereocenters. The Hall–Kier alpha value is -3.02. The maximum atomic E-state index is 12.6. The number of ether oxygens (including phenoxy) is 3. The summed E-state index contributed by atoms with van der Waals surface area (Å²) in [7, 11) is 0. The van der Waals surface area contributed by atoms with Crippen molar-refractivity contribution in [2.75, 3.05) is 25.1 Å². The minimum absolute atomic E-state index is 0.292. The van der Waals surface area contributed by atoms with Crippen LogP contribution < -0.4 is 14.8 Å². The van der Waals surface area contributed by atoms with E-state index in [-0.39, 0.29) is 5.91 Å². The number of hydrogen-bond acceptors (Lipinski definition) is 5. The molecule has 0 aliphatic rings. The predicted octanol–water partition coefficient (Wildman–Crippen LogP) is 3.91. The number of anilines is 1. The van der Waals surface area contributed by atoms with Crippen LogP contribution in [0.25, 0.3) is 0 Å². The van der Waals surface area contributed by atoms with Crippen molar-refractivity contribution >= 4 is 17.6 Å². The molecule has 6 heteroatoms. The first kappa shape index (κ1) is 19.3. The van der Waals surface area contributed by atoms with Gasteiger partial charge in [-0.2, -0.15) is 0 Å². The van der Waals surface area contributed by atoms with E-state index >= 15 is 0 Å². The summed E-state index contributed by atoms with van der Waals surface area (Å²) in [5, 5.41) is 2.78. The summed E-state index contributed by atoms with van der Waals surface area (Å²) < 4.78 is 16.0. The van der Waals surface area contributed by atoms with Gasteiger partial charge in [-0.1, -0.05) is 6.07 Å². The van der Waals surface area contributed by atoms with E-state index in [1.165, 1.54) is 0 Å². The molecule has 0 aliphatic carbocycles. The van der Waals surface area contributed by atoms with E-state index in [9.17, 15) is 9.59 Å². The Kier molecular flexibility index (Phi) is 7.02. The van der Waals surface area contributed by atoms with Crippen molar-refractivity contribution in [1.29, 1.82) is 0 Å². The highest BCUT2D eigenvalue weighted by molar-refractivity contribution is 6.05. The van der Waals surface area contributed by atoms with Crippen molar-refractivity contribution in [2.24, 2.45) is 0 Å². The second-order valence-electron chi connectivity index (χ2n) is 5.31. The minimum atomic E-state index is -0.430. The van der Waals surface area contributed by atoms with Crippen LogP contribution in [0.3, 0.4) is 0 Å². The topological polar surface area (TPSA) is 73.9 Å². The molecule has 138 valence electrons. The highest BCUT2D eigenvalue weighted by Gasteiger charge is 2.12. The summed E-state index contributed by atoms with van der Waals surface area (Å²) in [6, 6.07) is 11.6. The highest BCUT2D eigenvalue weighted by Crippen LogP contribution is 2.24. The van der Waals surface area contributed by atoms with Crippen LogP contribution in [0.15, 0.2) is 42.5 Å². The van der Waals surface area contributed by atoms with Crippen LogP contribution >= 0.6 is 0 Å². The summed E-state index contributed by atoms with van der Waals surface area (Å²) in [5.74, 6) is 0.363. The summed E-state index contributed by atoms with van der Waals surface area (Å²) in [6.07, 6.45) is 0. The van der Waals surface area contributed by atoms with Gasteiger partial charge in [0.2, 0.25) is 0 Å². The minimum Gasteiger partial charge on any atom is -0.494 e. The SMILES string of the molecule is CCOC(=O)c1cccc(NC(=O)c2cc(OCC)cc(OCC)c2)c1. The zero-order chi connectivity index (χ0) is 18.9. The third-order valence-electron chi connectivity index (χ3n) is 3.40. The molecule has 1 N–H and O–H groups in total. The van der Waals surface area contributed by atoms with E-state index in [1.54, 1.807) is 49.4 Å². The number of nitrogens with one attached hydrogen (secondary N) is 1. The van der Waals surface area contributed by atoms with Gasteiger partial charge in [0.1, 0.15) is 11.5 Å². The first-order valence-electron chi connectivity index (χ1n) is 8.56. The van der Waals surface area contributed by atoms with Gasteiger partial charge in [0.05, 0.1) is 25.4 Å². The average Bonchev–Trinajstić information content (AvgIpc) is 2.62. The molecular formula is C20H23NO5. The molecule has 0 heterocycles. The molecule has 26 heavy (non-hydrogen) atoms. The number of carbonyl (C=O) groups excluding carboxylic acids is 2. The Morgan fingerprint density at radius 3 is 2.08 bits per heavy atom. The van der Waals surface area contributed by atoms with Gasteiger partial charge in [-0.05, 0) is 51.1 Å². The lowest BCUT2D eigenvalue weighted by Gasteiger charge is -2.11. The molecular weight excluding hydrogens is 334 g/mol. The maximum absolute atomic E-state index is 12.6. The Morgan fingerprint density at radius 1 is 0.846 bits per heavy atom. The summed E-state index contributed by atoms with van der Waals surface area (Å²) in [6.45, 7) is 6.74. The molecule has 0 saturated heterocycles. The fraction of sp³-hybridized carbons (Fsp3) is 0.300. The lowest BCUT2D eigenvalue weighted by Crippen LogP contribution is -2.13. The van der Waals surface area contributed by atoms with Crippen LogP contribution in [0.4, 0.5) is 5.69 Å². The van der Waals surface area contributed by atoms with Gasteiger partial charge in [0.15, 0.2) is 0 Å². The zero-order valence-electron chi connectivity index (χ0n) is 15.2. The fourth-order valence-corrected chi connectivity index (χ4v) is 2.34. The molecule has 0 bridgehead atoms. The van der Waals surface area contributed by atoms with E-state index < -0.39 is 5.97 Å². The van der Waals surface area contributed by atoms with Gasteiger partial charge in [-0.15, -0.1) is 0 Å². The van der Waals surface area contributed by atoms with E-state index in [0.29, 0.717) is 48.1 Å². The maximum Gasteiger partial charge on any atom is 0.338 e. The number of amides is 1. The lowest BCUT2D eigenvalue weighted by molar-refractivity contribution is 0.0526. The summed E-state index contributed by atoms with van der Waals surface area (Å²) in [4.78, 5) is 24.4. The van der Waals surface area contributed by atoms with Crippen molar-refractivity contribution in [3.05, 3.63) is 53.6 Å². The molecule has 0 aliphatic heterocycles. The number of hydrogen-bond donors (Lipinski definition) is 1. The second kappa shape index (κ2) is 9.46. The van der Waals surface area contributed by atoms with Crippen molar-refractivity contribution in [3.8, 4) is 11.5 Å². The van der Waals surface area contributed by atoms with E-state index in [0.717, 1.165) is 0 Å². The van der Waals surface area contributed by atoms with Gasteiger partial charge >= 0.3 is 5.97 Å². The van der Waals surface area contributed by atoms with Crippen LogP contribution in [0, 0.1) is 0 Å². The van der Waals surface area contributed by atoms with E-state index in [2.05, 4.69) is 5.32 Å². The molecule has 0 radical (unpaired) electrons. The second-order valence-corrected chi connectivity index (χ2v) is 5.31. The summed E-state index contributed by atoms with van der Waals surface area (Å²) >= 11 is 0. The normalized spacial score (nSPS) is 10.1. The number of rotatable bonds is 8. The average molecular weight is 357 g/mol. The zero-order valence-corrected chi connectivity index (χ0v) is 15.2. The Balaban J connectivity index is 2.21. The molecule has 0 fully saturated rings. The molecule has 6 nitrogen and oxygen atoms in total. The quantitative estimate of drug-likeness (QED) is 0.725. The Morgan fingerprint density at radius 2 is 1.50 bits per heavy atom. The van der Waals surface area contributed by atoms with Crippen molar-refractivity contribution in [1.82, 2.24) is 0 Å². The largest absolute Gasteiger partial charge is 0.494 e. The standard InChI is InChI=1S/C20H23NO5/c1-4-24-17-11-15(12-18(13-17)25-5-2)19(22)21-16-9-7-8-14(10-16)20(23)26-6-3/h7-13H,4-6H2,1-3H3,(H,21,22). The molecule has 2 aromatic carbocycles. The number of carbonyl (C=O) groups is 2. The molecule has 0 saturated carbocycles.